The lowest BCUT2D eigenvalue weighted by atomic mass is 10.1. The van der Waals surface area contributed by atoms with E-state index in [-0.39, 0.29) is 31.1 Å². The Morgan fingerprint density at radius 1 is 0.318 bits per heavy atom. The van der Waals surface area contributed by atoms with Crippen molar-refractivity contribution in [1.29, 1.82) is 0 Å². The van der Waals surface area contributed by atoms with E-state index >= 15 is 0 Å². The summed E-state index contributed by atoms with van der Waals surface area (Å²) in [4.78, 5) is 38.1. The van der Waals surface area contributed by atoms with Crippen LogP contribution in [-0.2, 0) is 28.6 Å². The molecular weight excluding hydrogens is 817 g/mol. The number of carbonyl (C=O) groups is 3. The molecule has 0 spiro atoms. The summed E-state index contributed by atoms with van der Waals surface area (Å²) >= 11 is 0. The van der Waals surface area contributed by atoms with Crippen LogP contribution in [-0.4, -0.2) is 37.2 Å². The van der Waals surface area contributed by atoms with Gasteiger partial charge in [-0.15, -0.1) is 0 Å². The third-order valence-corrected chi connectivity index (χ3v) is 11.9. The Hall–Kier alpha value is -3.15. The van der Waals surface area contributed by atoms with Crippen molar-refractivity contribution in [2.45, 2.75) is 277 Å². The molecule has 0 amide bonds. The zero-order chi connectivity index (χ0) is 47.9. The van der Waals surface area contributed by atoms with Crippen LogP contribution in [0.15, 0.2) is 72.9 Å². The van der Waals surface area contributed by atoms with Gasteiger partial charge in [-0.2, -0.15) is 0 Å². The maximum atomic E-state index is 12.8. The maximum Gasteiger partial charge on any atom is 0.306 e. The standard InChI is InChI=1S/C60H104O6/c1-4-7-10-13-16-19-22-25-28-29-30-31-33-35-38-41-44-47-50-53-59(62)65-56-57(55-64-58(61)52-49-46-43-40-37-34-27-24-21-18-15-12-9-6-3)66-60(63)54-51-48-45-42-39-36-32-26-23-20-17-14-11-8-5-2/h7,10,16,19-20,23,25,28,30-31,34,37,57H,4-6,8-9,11-15,17-18,21-22,24,26-27,29,32-33,35-36,38-56H2,1-3H3/b10-7-,19-16-,23-20-,28-25-,31-30-,37-34-. The lowest BCUT2D eigenvalue weighted by Crippen LogP contribution is -2.30. The van der Waals surface area contributed by atoms with E-state index in [0.717, 1.165) is 103 Å². The number of rotatable bonds is 50. The van der Waals surface area contributed by atoms with Crippen LogP contribution < -0.4 is 0 Å². The molecular formula is C60H104O6. The first-order chi connectivity index (χ1) is 32.5. The van der Waals surface area contributed by atoms with E-state index in [1.807, 2.05) is 0 Å². The monoisotopic (exact) mass is 921 g/mol. The number of allylic oxidation sites excluding steroid dienone is 12. The minimum Gasteiger partial charge on any atom is -0.462 e. The fourth-order valence-electron chi connectivity index (χ4n) is 7.72. The van der Waals surface area contributed by atoms with Crippen molar-refractivity contribution in [3.63, 3.8) is 0 Å². The third-order valence-electron chi connectivity index (χ3n) is 11.9. The number of esters is 3. The molecule has 0 fully saturated rings. The van der Waals surface area contributed by atoms with E-state index in [0.29, 0.717) is 19.3 Å². The van der Waals surface area contributed by atoms with Gasteiger partial charge in [-0.05, 0) is 109 Å². The van der Waals surface area contributed by atoms with E-state index in [1.165, 1.54) is 128 Å². The molecule has 380 valence electrons. The summed E-state index contributed by atoms with van der Waals surface area (Å²) in [7, 11) is 0. The van der Waals surface area contributed by atoms with Crippen LogP contribution in [0.25, 0.3) is 0 Å². The molecule has 0 aliphatic heterocycles. The fourth-order valence-corrected chi connectivity index (χ4v) is 7.72. The van der Waals surface area contributed by atoms with Gasteiger partial charge in [0, 0.05) is 19.3 Å². The number of hydrogen-bond donors (Lipinski definition) is 0. The Bertz CT molecular complexity index is 1240. The minimum atomic E-state index is -0.789. The lowest BCUT2D eigenvalue weighted by Gasteiger charge is -2.18. The molecule has 0 aliphatic carbocycles. The Balaban J connectivity index is 4.42. The molecule has 6 heteroatoms. The quantitative estimate of drug-likeness (QED) is 0.0262. The van der Waals surface area contributed by atoms with E-state index in [4.69, 9.17) is 14.2 Å². The highest BCUT2D eigenvalue weighted by Crippen LogP contribution is 2.14. The van der Waals surface area contributed by atoms with Crippen molar-refractivity contribution >= 4 is 17.9 Å². The van der Waals surface area contributed by atoms with Gasteiger partial charge in [0.2, 0.25) is 0 Å². The second-order valence-electron chi connectivity index (χ2n) is 18.5. The zero-order valence-electron chi connectivity index (χ0n) is 43.4. The van der Waals surface area contributed by atoms with Crippen molar-refractivity contribution in [1.82, 2.24) is 0 Å². The number of ether oxygens (including phenoxy) is 3. The molecule has 0 heterocycles. The molecule has 0 N–H and O–H groups in total. The molecule has 0 aromatic heterocycles. The molecule has 0 aliphatic rings. The van der Waals surface area contributed by atoms with Gasteiger partial charge >= 0.3 is 17.9 Å². The fraction of sp³-hybridized carbons (Fsp3) is 0.750. The predicted octanol–water partition coefficient (Wildman–Crippen LogP) is 18.6. The Morgan fingerprint density at radius 3 is 0.970 bits per heavy atom. The highest BCUT2D eigenvalue weighted by Gasteiger charge is 2.19. The number of carbonyl (C=O) groups excluding carboxylic acids is 3. The number of hydrogen-bond acceptors (Lipinski definition) is 6. The average Bonchev–Trinajstić information content (AvgIpc) is 3.31. The second-order valence-corrected chi connectivity index (χ2v) is 18.5. The largest absolute Gasteiger partial charge is 0.462 e. The highest BCUT2D eigenvalue weighted by atomic mass is 16.6. The van der Waals surface area contributed by atoms with Gasteiger partial charge in [-0.25, -0.2) is 0 Å². The Labute approximate surface area is 408 Å². The number of unbranched alkanes of at least 4 members (excludes halogenated alkanes) is 27. The highest BCUT2D eigenvalue weighted by molar-refractivity contribution is 5.71. The molecule has 1 atom stereocenters. The molecule has 66 heavy (non-hydrogen) atoms. The summed E-state index contributed by atoms with van der Waals surface area (Å²) in [6.07, 6.45) is 68.8. The molecule has 0 saturated carbocycles. The van der Waals surface area contributed by atoms with E-state index in [9.17, 15) is 14.4 Å². The molecule has 1 unspecified atom stereocenters. The molecule has 6 nitrogen and oxygen atoms in total. The van der Waals surface area contributed by atoms with Crippen molar-refractivity contribution in [3.05, 3.63) is 72.9 Å². The van der Waals surface area contributed by atoms with Gasteiger partial charge in [-0.1, -0.05) is 216 Å². The van der Waals surface area contributed by atoms with Gasteiger partial charge in [0.1, 0.15) is 13.2 Å². The molecule has 0 aromatic rings. The Kier molecular flexibility index (Phi) is 51.9. The first kappa shape index (κ1) is 62.8. The van der Waals surface area contributed by atoms with Crippen LogP contribution >= 0.6 is 0 Å². The maximum absolute atomic E-state index is 12.8. The van der Waals surface area contributed by atoms with Crippen LogP contribution in [0.2, 0.25) is 0 Å². The van der Waals surface area contributed by atoms with Crippen molar-refractivity contribution < 1.29 is 28.6 Å². The summed E-state index contributed by atoms with van der Waals surface area (Å²) in [5, 5.41) is 0. The lowest BCUT2D eigenvalue weighted by molar-refractivity contribution is -0.167. The predicted molar refractivity (Wildman–Crippen MR) is 284 cm³/mol. The minimum absolute atomic E-state index is 0.0889. The van der Waals surface area contributed by atoms with Gasteiger partial charge in [0.25, 0.3) is 0 Å². The molecule has 0 rings (SSSR count). The van der Waals surface area contributed by atoms with Gasteiger partial charge in [0.15, 0.2) is 6.10 Å². The Morgan fingerprint density at radius 2 is 0.591 bits per heavy atom. The summed E-state index contributed by atoms with van der Waals surface area (Å²) in [5.41, 5.74) is 0. The average molecular weight is 921 g/mol. The summed E-state index contributed by atoms with van der Waals surface area (Å²) in [6, 6.07) is 0. The van der Waals surface area contributed by atoms with Gasteiger partial charge < -0.3 is 14.2 Å². The SMILES string of the molecule is CC/C=C\C/C=C\C/C=C\C/C=C\CCCCCCCCC(=O)OCC(COC(=O)CCCCC/C=C\CCCCCCCCC)OC(=O)CCCCCCCCC/C=C\CCCCCC. The first-order valence-electron chi connectivity index (χ1n) is 27.9. The summed E-state index contributed by atoms with van der Waals surface area (Å²) in [5.74, 6) is -0.916. The summed E-state index contributed by atoms with van der Waals surface area (Å²) < 4.78 is 16.8. The molecule has 0 radical (unpaired) electrons. The van der Waals surface area contributed by atoms with Crippen molar-refractivity contribution in [2.24, 2.45) is 0 Å². The molecule has 0 aromatic carbocycles. The smallest absolute Gasteiger partial charge is 0.306 e. The van der Waals surface area contributed by atoms with Crippen LogP contribution in [0.5, 0.6) is 0 Å². The molecule has 0 saturated heterocycles. The van der Waals surface area contributed by atoms with Crippen LogP contribution in [0.4, 0.5) is 0 Å². The third kappa shape index (κ3) is 51.8. The normalized spacial score (nSPS) is 12.6. The van der Waals surface area contributed by atoms with E-state index < -0.39 is 6.10 Å². The van der Waals surface area contributed by atoms with Gasteiger partial charge in [-0.3, -0.25) is 14.4 Å². The van der Waals surface area contributed by atoms with Crippen LogP contribution in [0.3, 0.4) is 0 Å². The zero-order valence-corrected chi connectivity index (χ0v) is 43.4. The first-order valence-corrected chi connectivity index (χ1v) is 27.9. The van der Waals surface area contributed by atoms with Gasteiger partial charge in [0.05, 0.1) is 0 Å². The topological polar surface area (TPSA) is 78.9 Å². The van der Waals surface area contributed by atoms with Crippen LogP contribution in [0.1, 0.15) is 271 Å². The van der Waals surface area contributed by atoms with Crippen LogP contribution in [0, 0.1) is 0 Å². The van der Waals surface area contributed by atoms with E-state index in [1.54, 1.807) is 0 Å². The molecule has 0 bridgehead atoms. The van der Waals surface area contributed by atoms with Crippen molar-refractivity contribution in [3.8, 4) is 0 Å². The summed E-state index contributed by atoms with van der Waals surface area (Å²) in [6.45, 7) is 6.49. The van der Waals surface area contributed by atoms with Crippen molar-refractivity contribution in [2.75, 3.05) is 13.2 Å². The second kappa shape index (κ2) is 54.5. The van der Waals surface area contributed by atoms with E-state index in [2.05, 4.69) is 93.7 Å².